The molecule has 1 saturated heterocycles. The van der Waals surface area contributed by atoms with Crippen molar-refractivity contribution in [2.45, 2.75) is 43.7 Å². The molecule has 0 saturated carbocycles. The minimum absolute atomic E-state index is 0.0649. The van der Waals surface area contributed by atoms with E-state index in [1.807, 2.05) is 43.5 Å². The number of H-pyrrole nitrogens is 1. The molecule has 32 heavy (non-hydrogen) atoms. The van der Waals surface area contributed by atoms with Crippen LogP contribution in [0.3, 0.4) is 0 Å². The molecule has 1 aliphatic heterocycles. The van der Waals surface area contributed by atoms with Gasteiger partial charge in [0.05, 0.1) is 16.6 Å². The van der Waals surface area contributed by atoms with Crippen LogP contribution in [0.15, 0.2) is 71.9 Å². The molecular weight excluding hydrogens is 432 g/mol. The Morgan fingerprint density at radius 3 is 2.56 bits per heavy atom. The summed E-state index contributed by atoms with van der Waals surface area (Å²) in [5.41, 5.74) is 3.51. The lowest BCUT2D eigenvalue weighted by atomic mass is 9.87. The summed E-state index contributed by atoms with van der Waals surface area (Å²) in [6.45, 7) is 2.42. The van der Waals surface area contributed by atoms with Crippen molar-refractivity contribution in [1.29, 1.82) is 0 Å². The summed E-state index contributed by atoms with van der Waals surface area (Å²) < 4.78 is 55.8. The first-order valence-electron chi connectivity index (χ1n) is 10.7. The van der Waals surface area contributed by atoms with Crippen molar-refractivity contribution in [2.24, 2.45) is 5.92 Å². The highest BCUT2D eigenvalue weighted by molar-refractivity contribution is 7.89. The van der Waals surface area contributed by atoms with Gasteiger partial charge in [0.15, 0.2) is 0 Å². The van der Waals surface area contributed by atoms with Crippen LogP contribution in [0, 0.1) is 12.8 Å². The van der Waals surface area contributed by atoms with Crippen molar-refractivity contribution < 1.29 is 17.2 Å². The second-order valence-electron chi connectivity index (χ2n) is 8.22. The summed E-state index contributed by atoms with van der Waals surface area (Å²) in [6, 6.07) is 15.4. The average molecular weight is 460 g/mol. The van der Waals surface area contributed by atoms with Gasteiger partial charge in [-0.2, -0.15) is 4.31 Å². The van der Waals surface area contributed by atoms with Gasteiger partial charge in [0.1, 0.15) is 0 Å². The summed E-state index contributed by atoms with van der Waals surface area (Å²) >= 11 is 0. The Kier molecular flexibility index (Phi) is 6.62. The first-order chi connectivity index (χ1) is 15.4. The third-order valence-corrected chi connectivity index (χ3v) is 8.00. The maximum atomic E-state index is 13.7. The molecular formula is C24H27F2N3O2S. The second-order valence-corrected chi connectivity index (χ2v) is 10.1. The number of hydrogen-bond donors (Lipinski definition) is 2. The third-order valence-electron chi connectivity index (χ3n) is 6.07. The molecule has 1 fully saturated rings. The van der Waals surface area contributed by atoms with E-state index in [9.17, 15) is 17.2 Å². The lowest BCUT2D eigenvalue weighted by Gasteiger charge is -2.39. The molecule has 2 atom stereocenters. The van der Waals surface area contributed by atoms with Gasteiger partial charge in [-0.25, -0.2) is 17.2 Å². The van der Waals surface area contributed by atoms with Crippen molar-refractivity contribution in [3.05, 3.63) is 83.7 Å². The highest BCUT2D eigenvalue weighted by Crippen LogP contribution is 2.41. The summed E-state index contributed by atoms with van der Waals surface area (Å²) in [7, 11) is -3.84. The summed E-state index contributed by atoms with van der Waals surface area (Å²) in [5, 5.41) is 3.30. The molecule has 3 aromatic rings. The Bertz CT molecular complexity index is 1130. The van der Waals surface area contributed by atoms with E-state index in [0.717, 1.165) is 22.4 Å². The van der Waals surface area contributed by atoms with E-state index in [1.54, 1.807) is 30.5 Å². The Morgan fingerprint density at radius 1 is 1.12 bits per heavy atom. The number of hydrogen-bond acceptors (Lipinski definition) is 3. The molecule has 0 bridgehead atoms. The van der Waals surface area contributed by atoms with Crippen LogP contribution in [0.5, 0.6) is 0 Å². The minimum atomic E-state index is -3.84. The van der Waals surface area contributed by atoms with Crippen molar-refractivity contribution in [1.82, 2.24) is 9.29 Å². The standard InChI is InChI=1S/C24H27F2N3O2S/c1-17-6-8-21(9-7-17)32(30,31)29-13-11-18(24(25)26)14-23(29)22-5-3-2-4-19(22)15-28-20-10-12-27-16-20/h2-10,12,16,18,23-24,27-28H,11,13-15H2,1H3. The lowest BCUT2D eigenvalue weighted by Crippen LogP contribution is -2.42. The zero-order valence-corrected chi connectivity index (χ0v) is 18.7. The van der Waals surface area contributed by atoms with Gasteiger partial charge in [0, 0.05) is 31.4 Å². The maximum absolute atomic E-state index is 13.7. The Balaban J connectivity index is 1.70. The first-order valence-corrected chi connectivity index (χ1v) is 12.1. The normalized spacial score (nSPS) is 19.9. The van der Waals surface area contributed by atoms with Gasteiger partial charge < -0.3 is 10.3 Å². The topological polar surface area (TPSA) is 65.2 Å². The van der Waals surface area contributed by atoms with Crippen LogP contribution in [0.25, 0.3) is 0 Å². The van der Waals surface area contributed by atoms with Crippen LogP contribution in [0.1, 0.15) is 35.6 Å². The fourth-order valence-corrected chi connectivity index (χ4v) is 5.90. The number of aryl methyl sites for hydroxylation is 1. The van der Waals surface area contributed by atoms with Crippen molar-refractivity contribution in [3.8, 4) is 0 Å². The Labute approximate surface area is 187 Å². The SMILES string of the molecule is Cc1ccc(S(=O)(=O)N2CCC(C(F)F)CC2c2ccccc2CNc2cc[nH]c2)cc1. The van der Waals surface area contributed by atoms with E-state index in [2.05, 4.69) is 10.3 Å². The average Bonchev–Trinajstić information content (AvgIpc) is 3.31. The predicted molar refractivity (Wildman–Crippen MR) is 121 cm³/mol. The van der Waals surface area contributed by atoms with Gasteiger partial charge in [0.2, 0.25) is 16.4 Å². The number of anilines is 1. The molecule has 2 N–H and O–H groups in total. The smallest absolute Gasteiger partial charge is 0.243 e. The van der Waals surface area contributed by atoms with E-state index < -0.39 is 28.4 Å². The van der Waals surface area contributed by atoms with E-state index in [-0.39, 0.29) is 24.3 Å². The number of sulfonamides is 1. The fourth-order valence-electron chi connectivity index (χ4n) is 4.27. The molecule has 2 heterocycles. The van der Waals surface area contributed by atoms with Gasteiger partial charge in [-0.05, 0) is 49.1 Å². The van der Waals surface area contributed by atoms with Gasteiger partial charge in [-0.3, -0.25) is 0 Å². The molecule has 170 valence electrons. The van der Waals surface area contributed by atoms with Gasteiger partial charge in [0.25, 0.3) is 0 Å². The molecule has 4 rings (SSSR count). The Morgan fingerprint density at radius 2 is 1.88 bits per heavy atom. The number of nitrogens with zero attached hydrogens (tertiary/aromatic N) is 1. The molecule has 0 radical (unpaired) electrons. The highest BCUT2D eigenvalue weighted by atomic mass is 32.2. The zero-order valence-electron chi connectivity index (χ0n) is 17.8. The minimum Gasteiger partial charge on any atom is -0.380 e. The molecule has 2 unspecified atom stereocenters. The number of benzene rings is 2. The number of piperidine rings is 1. The zero-order chi connectivity index (χ0) is 22.7. The van der Waals surface area contributed by atoms with Gasteiger partial charge in [-0.15, -0.1) is 0 Å². The molecule has 8 heteroatoms. The summed E-state index contributed by atoms with van der Waals surface area (Å²) in [5.74, 6) is -0.838. The quantitative estimate of drug-likeness (QED) is 0.501. The van der Waals surface area contributed by atoms with Crippen LogP contribution in [0.2, 0.25) is 0 Å². The fraction of sp³-hybridized carbons (Fsp3) is 0.333. The summed E-state index contributed by atoms with van der Waals surface area (Å²) in [4.78, 5) is 3.16. The molecule has 2 aromatic carbocycles. The van der Waals surface area contributed by atoms with Crippen molar-refractivity contribution in [3.63, 3.8) is 0 Å². The second kappa shape index (κ2) is 9.42. The lowest BCUT2D eigenvalue weighted by molar-refractivity contribution is 0.0323. The molecule has 5 nitrogen and oxygen atoms in total. The largest absolute Gasteiger partial charge is 0.380 e. The van der Waals surface area contributed by atoms with E-state index >= 15 is 0 Å². The van der Waals surface area contributed by atoms with E-state index in [0.29, 0.717) is 6.54 Å². The number of nitrogens with one attached hydrogen (secondary N) is 2. The van der Waals surface area contributed by atoms with Gasteiger partial charge in [-0.1, -0.05) is 42.0 Å². The van der Waals surface area contributed by atoms with Crippen LogP contribution >= 0.6 is 0 Å². The first kappa shape index (κ1) is 22.5. The third kappa shape index (κ3) is 4.71. The Hall–Kier alpha value is -2.71. The van der Waals surface area contributed by atoms with Crippen LogP contribution in [0.4, 0.5) is 14.5 Å². The molecule has 0 aliphatic carbocycles. The number of alkyl halides is 2. The number of halogens is 2. The van der Waals surface area contributed by atoms with Crippen LogP contribution in [-0.4, -0.2) is 30.7 Å². The van der Waals surface area contributed by atoms with E-state index in [4.69, 9.17) is 0 Å². The number of aromatic nitrogens is 1. The number of aromatic amines is 1. The van der Waals surface area contributed by atoms with Gasteiger partial charge >= 0.3 is 0 Å². The van der Waals surface area contributed by atoms with E-state index in [1.165, 1.54) is 4.31 Å². The monoisotopic (exact) mass is 459 g/mol. The maximum Gasteiger partial charge on any atom is 0.243 e. The van der Waals surface area contributed by atoms with Crippen molar-refractivity contribution in [2.75, 3.05) is 11.9 Å². The van der Waals surface area contributed by atoms with Crippen molar-refractivity contribution >= 4 is 15.7 Å². The predicted octanol–water partition coefficient (Wildman–Crippen LogP) is 5.34. The van der Waals surface area contributed by atoms with Crippen LogP contribution in [-0.2, 0) is 16.6 Å². The molecule has 0 spiro atoms. The molecule has 1 aromatic heterocycles. The number of rotatable bonds is 7. The molecule has 1 aliphatic rings. The highest BCUT2D eigenvalue weighted by Gasteiger charge is 2.40. The summed E-state index contributed by atoms with van der Waals surface area (Å²) in [6.07, 6.45) is 1.38. The van der Waals surface area contributed by atoms with Crippen LogP contribution < -0.4 is 5.32 Å². The molecule has 0 amide bonds.